The Labute approximate surface area is 175 Å². The van der Waals surface area contributed by atoms with Crippen LogP contribution in [0.25, 0.3) is 11.1 Å². The Morgan fingerprint density at radius 1 is 1.33 bits per heavy atom. The molecule has 0 aromatic heterocycles. The molecule has 0 saturated carbocycles. The van der Waals surface area contributed by atoms with Gasteiger partial charge in [0.2, 0.25) is 0 Å². The Hall–Kier alpha value is -3.41. The van der Waals surface area contributed by atoms with E-state index < -0.39 is 5.97 Å². The number of fused-ring (bicyclic) bond motifs is 1. The number of esters is 1. The fourth-order valence-electron chi connectivity index (χ4n) is 3.48. The fourth-order valence-corrected chi connectivity index (χ4v) is 3.48. The Balaban J connectivity index is 1.79. The van der Waals surface area contributed by atoms with Crippen molar-refractivity contribution in [3.05, 3.63) is 77.4 Å². The number of halogens is 1. The zero-order valence-electron chi connectivity index (χ0n) is 17.2. The van der Waals surface area contributed by atoms with E-state index in [0.29, 0.717) is 24.4 Å². The highest BCUT2D eigenvalue weighted by atomic mass is 19.1. The van der Waals surface area contributed by atoms with E-state index in [1.807, 2.05) is 31.2 Å². The van der Waals surface area contributed by atoms with Crippen molar-refractivity contribution in [1.29, 1.82) is 0 Å². The van der Waals surface area contributed by atoms with Crippen LogP contribution in [0, 0.1) is 5.82 Å². The summed E-state index contributed by atoms with van der Waals surface area (Å²) >= 11 is 0. The molecule has 1 aliphatic heterocycles. The van der Waals surface area contributed by atoms with Crippen molar-refractivity contribution in [2.45, 2.75) is 19.3 Å². The average molecular weight is 408 g/mol. The summed E-state index contributed by atoms with van der Waals surface area (Å²) in [4.78, 5) is 15.7. The van der Waals surface area contributed by atoms with Crippen molar-refractivity contribution in [2.24, 2.45) is 4.99 Å². The van der Waals surface area contributed by atoms with Crippen LogP contribution in [0.1, 0.15) is 24.8 Å². The number of allylic oxidation sites excluding steroid dienone is 1. The van der Waals surface area contributed by atoms with E-state index in [1.54, 1.807) is 12.1 Å². The van der Waals surface area contributed by atoms with Gasteiger partial charge in [-0.3, -0.25) is 4.99 Å². The SMILES string of the molecule is C=N/C=C\C(C(=O)OC)=C(/C)NC[C@@H]1CCOc2cc(-c3cccc(F)c3)ccc21. The third-order valence-electron chi connectivity index (χ3n) is 5.10. The fraction of sp³-hybridized carbons (Fsp3) is 0.250. The molecule has 6 heteroatoms. The summed E-state index contributed by atoms with van der Waals surface area (Å²) in [6, 6.07) is 12.5. The van der Waals surface area contributed by atoms with Crippen molar-refractivity contribution in [3.8, 4) is 16.9 Å². The number of rotatable bonds is 7. The van der Waals surface area contributed by atoms with Crippen LogP contribution in [0.4, 0.5) is 4.39 Å². The van der Waals surface area contributed by atoms with Gasteiger partial charge >= 0.3 is 5.97 Å². The lowest BCUT2D eigenvalue weighted by molar-refractivity contribution is -0.135. The van der Waals surface area contributed by atoms with E-state index in [1.165, 1.54) is 25.4 Å². The molecule has 0 amide bonds. The van der Waals surface area contributed by atoms with Gasteiger partial charge in [-0.1, -0.05) is 24.3 Å². The van der Waals surface area contributed by atoms with Crippen LogP contribution in [-0.4, -0.2) is 32.9 Å². The molecule has 0 aliphatic carbocycles. The number of methoxy groups -OCH3 is 1. The molecule has 0 fully saturated rings. The molecule has 1 heterocycles. The van der Waals surface area contributed by atoms with E-state index in [0.717, 1.165) is 28.9 Å². The number of benzene rings is 2. The van der Waals surface area contributed by atoms with Gasteiger partial charge in [-0.25, -0.2) is 9.18 Å². The minimum Gasteiger partial charge on any atom is -0.493 e. The normalized spacial score (nSPS) is 16.3. The highest BCUT2D eigenvalue weighted by molar-refractivity contribution is 5.92. The second kappa shape index (κ2) is 9.87. The minimum atomic E-state index is -0.438. The molecule has 2 aromatic rings. The second-order valence-electron chi connectivity index (χ2n) is 7.01. The Kier molecular flexibility index (Phi) is 7.01. The maximum Gasteiger partial charge on any atom is 0.339 e. The maximum absolute atomic E-state index is 13.6. The summed E-state index contributed by atoms with van der Waals surface area (Å²) in [5.41, 5.74) is 3.91. The highest BCUT2D eigenvalue weighted by Crippen LogP contribution is 2.36. The van der Waals surface area contributed by atoms with Crippen LogP contribution in [0.15, 0.2) is 71.0 Å². The Morgan fingerprint density at radius 2 is 2.13 bits per heavy atom. The number of ether oxygens (including phenoxy) is 2. The number of hydrogen-bond acceptors (Lipinski definition) is 5. The zero-order valence-corrected chi connectivity index (χ0v) is 17.2. The highest BCUT2D eigenvalue weighted by Gasteiger charge is 2.22. The molecule has 2 aromatic carbocycles. The van der Waals surface area contributed by atoms with Gasteiger partial charge in [0.05, 0.1) is 19.3 Å². The predicted molar refractivity (Wildman–Crippen MR) is 116 cm³/mol. The first-order valence-corrected chi connectivity index (χ1v) is 9.71. The number of aliphatic imine (C=N–C) groups is 1. The number of hydrogen-bond donors (Lipinski definition) is 1. The maximum atomic E-state index is 13.6. The van der Waals surface area contributed by atoms with Gasteiger partial charge in [0.25, 0.3) is 0 Å². The van der Waals surface area contributed by atoms with Gasteiger partial charge < -0.3 is 14.8 Å². The van der Waals surface area contributed by atoms with Crippen molar-refractivity contribution in [3.63, 3.8) is 0 Å². The van der Waals surface area contributed by atoms with E-state index in [2.05, 4.69) is 17.0 Å². The lowest BCUT2D eigenvalue weighted by Crippen LogP contribution is -2.26. The van der Waals surface area contributed by atoms with E-state index in [9.17, 15) is 9.18 Å². The molecule has 0 bridgehead atoms. The topological polar surface area (TPSA) is 59.9 Å². The van der Waals surface area contributed by atoms with E-state index in [4.69, 9.17) is 9.47 Å². The van der Waals surface area contributed by atoms with E-state index in [-0.39, 0.29) is 11.7 Å². The minimum absolute atomic E-state index is 0.214. The summed E-state index contributed by atoms with van der Waals surface area (Å²) in [6.45, 7) is 6.45. The summed E-state index contributed by atoms with van der Waals surface area (Å²) in [5, 5.41) is 3.33. The second-order valence-corrected chi connectivity index (χ2v) is 7.01. The predicted octanol–water partition coefficient (Wildman–Crippen LogP) is 4.61. The summed E-state index contributed by atoms with van der Waals surface area (Å²) in [6.07, 6.45) is 3.88. The molecule has 0 radical (unpaired) electrons. The van der Waals surface area contributed by atoms with Crippen LogP contribution in [0.5, 0.6) is 5.75 Å². The van der Waals surface area contributed by atoms with Crippen LogP contribution >= 0.6 is 0 Å². The molecule has 0 saturated heterocycles. The third-order valence-corrected chi connectivity index (χ3v) is 5.10. The van der Waals surface area contributed by atoms with Crippen LogP contribution < -0.4 is 10.1 Å². The van der Waals surface area contributed by atoms with Crippen molar-refractivity contribution in [2.75, 3.05) is 20.3 Å². The molecule has 1 N–H and O–H groups in total. The van der Waals surface area contributed by atoms with Crippen molar-refractivity contribution < 1.29 is 18.7 Å². The molecule has 5 nitrogen and oxygen atoms in total. The Morgan fingerprint density at radius 3 is 2.87 bits per heavy atom. The van der Waals surface area contributed by atoms with Gasteiger partial charge in [-0.05, 0) is 61.0 Å². The lowest BCUT2D eigenvalue weighted by atomic mass is 9.91. The smallest absolute Gasteiger partial charge is 0.339 e. The van der Waals surface area contributed by atoms with Gasteiger partial charge in [-0.15, -0.1) is 0 Å². The number of nitrogens with one attached hydrogen (secondary N) is 1. The molecule has 156 valence electrons. The van der Waals surface area contributed by atoms with Gasteiger partial charge in [0.1, 0.15) is 11.6 Å². The van der Waals surface area contributed by atoms with Crippen LogP contribution in [0.3, 0.4) is 0 Å². The van der Waals surface area contributed by atoms with Crippen LogP contribution in [0.2, 0.25) is 0 Å². The van der Waals surface area contributed by atoms with Gasteiger partial charge in [0, 0.05) is 24.4 Å². The van der Waals surface area contributed by atoms with Crippen molar-refractivity contribution in [1.82, 2.24) is 5.32 Å². The molecule has 3 rings (SSSR count). The Bertz CT molecular complexity index is 998. The number of nitrogens with zero attached hydrogens (tertiary/aromatic N) is 1. The summed E-state index contributed by atoms with van der Waals surface area (Å²) < 4.78 is 24.3. The first-order valence-electron chi connectivity index (χ1n) is 9.71. The average Bonchev–Trinajstić information content (AvgIpc) is 2.77. The molecule has 1 atom stereocenters. The zero-order chi connectivity index (χ0) is 21.5. The summed E-state index contributed by atoms with van der Waals surface area (Å²) in [5.74, 6) is 0.315. The quantitative estimate of drug-likeness (QED) is 0.315. The number of carbonyl (C=O) groups excluding carboxylic acids is 1. The van der Waals surface area contributed by atoms with Crippen molar-refractivity contribution >= 4 is 12.7 Å². The van der Waals surface area contributed by atoms with Gasteiger partial charge in [0.15, 0.2) is 0 Å². The van der Waals surface area contributed by atoms with Crippen LogP contribution in [-0.2, 0) is 9.53 Å². The molecular weight excluding hydrogens is 383 g/mol. The third kappa shape index (κ3) is 4.95. The first-order chi connectivity index (χ1) is 14.5. The molecule has 0 spiro atoms. The molecule has 30 heavy (non-hydrogen) atoms. The molecule has 0 unspecified atom stereocenters. The lowest BCUT2D eigenvalue weighted by Gasteiger charge is -2.27. The summed E-state index contributed by atoms with van der Waals surface area (Å²) in [7, 11) is 1.34. The van der Waals surface area contributed by atoms with E-state index >= 15 is 0 Å². The molecule has 1 aliphatic rings. The molecular formula is C24H25FN2O3. The largest absolute Gasteiger partial charge is 0.493 e. The standard InChI is InChI=1S/C24H25FN2O3/c1-16(21(9-11-26-2)24(28)29-3)27-15-19-10-12-30-23-14-18(7-8-22(19)23)17-5-4-6-20(25)13-17/h4-9,11,13-14,19,27H,2,10,12,15H2,1,3H3/b11-9-,21-16-/t19-/m0/s1. The monoisotopic (exact) mass is 408 g/mol. The first kappa shape index (κ1) is 21.3. The number of carbonyl (C=O) groups is 1. The van der Waals surface area contributed by atoms with Gasteiger partial charge in [-0.2, -0.15) is 0 Å².